The molecule has 0 heterocycles. The minimum absolute atomic E-state index is 0.236. The van der Waals surface area contributed by atoms with Gasteiger partial charge >= 0.3 is 0 Å². The van der Waals surface area contributed by atoms with Crippen molar-refractivity contribution < 1.29 is 35.2 Å². The Labute approximate surface area is 138 Å². The Bertz CT molecular complexity index is 963. The fourth-order valence-electron chi connectivity index (χ4n) is 1.90. The first kappa shape index (κ1) is 18.8. The molecule has 0 aliphatic heterocycles. The molecular weight excluding hydrogens is 371 g/mol. The van der Waals surface area contributed by atoms with Crippen LogP contribution in [-0.4, -0.2) is 14.3 Å². The highest BCUT2D eigenvalue weighted by Gasteiger charge is 2.30. The molecular formula is C14H9F5N2O3S. The Morgan fingerprint density at radius 1 is 0.960 bits per heavy atom. The van der Waals surface area contributed by atoms with Gasteiger partial charge in [-0.15, -0.1) is 0 Å². The highest BCUT2D eigenvalue weighted by atomic mass is 32.2. The van der Waals surface area contributed by atoms with Crippen LogP contribution in [0, 0.1) is 36.0 Å². The van der Waals surface area contributed by atoms with Crippen LogP contribution in [0.3, 0.4) is 0 Å². The zero-order valence-electron chi connectivity index (χ0n) is 12.3. The summed E-state index contributed by atoms with van der Waals surface area (Å²) in [6.07, 6.45) is 0. The van der Waals surface area contributed by atoms with Crippen molar-refractivity contribution in [1.82, 2.24) is 0 Å². The number of halogens is 5. The third-order valence-corrected chi connectivity index (χ3v) is 4.13. The van der Waals surface area contributed by atoms with E-state index in [0.717, 1.165) is 12.1 Å². The zero-order valence-corrected chi connectivity index (χ0v) is 13.1. The smallest absolute Gasteiger partial charge is 0.261 e. The number of primary sulfonamides is 1. The maximum Gasteiger partial charge on any atom is 0.261 e. The van der Waals surface area contributed by atoms with Crippen LogP contribution in [-0.2, 0) is 10.0 Å². The third-order valence-electron chi connectivity index (χ3n) is 3.22. The molecule has 0 saturated carbocycles. The Morgan fingerprint density at radius 2 is 1.44 bits per heavy atom. The summed E-state index contributed by atoms with van der Waals surface area (Å²) in [5.74, 6) is -13.2. The molecule has 1 amide bonds. The topological polar surface area (TPSA) is 89.3 Å². The molecule has 0 atom stereocenters. The number of aryl methyl sites for hydroxylation is 1. The Hall–Kier alpha value is -2.53. The molecule has 0 bridgehead atoms. The predicted molar refractivity (Wildman–Crippen MR) is 76.7 cm³/mol. The molecule has 25 heavy (non-hydrogen) atoms. The quantitative estimate of drug-likeness (QED) is 0.487. The Kier molecular flexibility index (Phi) is 4.82. The van der Waals surface area contributed by atoms with Crippen LogP contribution in [0.2, 0.25) is 0 Å². The first-order chi connectivity index (χ1) is 11.4. The molecule has 3 N–H and O–H groups in total. The molecule has 5 nitrogen and oxygen atoms in total. The molecule has 0 aliphatic carbocycles. The molecule has 0 unspecified atom stereocenters. The van der Waals surface area contributed by atoms with E-state index in [2.05, 4.69) is 0 Å². The summed E-state index contributed by atoms with van der Waals surface area (Å²) in [5, 5.41) is 6.82. The van der Waals surface area contributed by atoms with Gasteiger partial charge in [-0.3, -0.25) is 4.79 Å². The summed E-state index contributed by atoms with van der Waals surface area (Å²) < 4.78 is 89.2. The maximum atomic E-state index is 13.6. The molecule has 0 spiro atoms. The van der Waals surface area contributed by atoms with Crippen molar-refractivity contribution in [2.75, 3.05) is 5.32 Å². The zero-order chi connectivity index (χ0) is 19.1. The van der Waals surface area contributed by atoms with E-state index in [9.17, 15) is 35.2 Å². The van der Waals surface area contributed by atoms with Gasteiger partial charge in [0.15, 0.2) is 23.3 Å². The number of carbonyl (C=O) groups is 1. The van der Waals surface area contributed by atoms with Crippen LogP contribution < -0.4 is 10.5 Å². The Balaban J connectivity index is 2.52. The number of nitrogens with one attached hydrogen (secondary N) is 1. The van der Waals surface area contributed by atoms with Crippen LogP contribution in [0.4, 0.5) is 27.6 Å². The lowest BCUT2D eigenvalue weighted by molar-refractivity contribution is 0.101. The standard InChI is InChI=1S/C14H9F5N2O3S/c1-5-2-3-6(25(20,23)24)4-7(5)21-14(22)8-9(15)11(17)13(19)12(18)10(8)16/h2-4H,1H3,(H,21,22)(H2,20,23,24). The largest absolute Gasteiger partial charge is 0.322 e. The second kappa shape index (κ2) is 6.41. The van der Waals surface area contributed by atoms with Crippen molar-refractivity contribution in [2.45, 2.75) is 11.8 Å². The third kappa shape index (κ3) is 3.46. The molecule has 2 aromatic rings. The first-order valence-electron chi connectivity index (χ1n) is 6.41. The second-order valence-corrected chi connectivity index (χ2v) is 6.48. The summed E-state index contributed by atoms with van der Waals surface area (Å²) in [5.41, 5.74) is -1.68. The van der Waals surface area contributed by atoms with Crippen molar-refractivity contribution in [2.24, 2.45) is 5.14 Å². The number of amides is 1. The van der Waals surface area contributed by atoms with Crippen molar-refractivity contribution in [1.29, 1.82) is 0 Å². The summed E-state index contributed by atoms with van der Waals surface area (Å²) >= 11 is 0. The van der Waals surface area contributed by atoms with Crippen LogP contribution in [0.5, 0.6) is 0 Å². The van der Waals surface area contributed by atoms with Gasteiger partial charge in [-0.2, -0.15) is 0 Å². The van der Waals surface area contributed by atoms with E-state index in [0.29, 0.717) is 0 Å². The lowest BCUT2D eigenvalue weighted by Gasteiger charge is -2.12. The van der Waals surface area contributed by atoms with Gasteiger partial charge in [0.2, 0.25) is 15.8 Å². The molecule has 11 heteroatoms. The van der Waals surface area contributed by atoms with Gasteiger partial charge in [0, 0.05) is 5.69 Å². The number of rotatable bonds is 3. The number of anilines is 1. The van der Waals surface area contributed by atoms with Gasteiger partial charge in [-0.05, 0) is 24.6 Å². The minimum Gasteiger partial charge on any atom is -0.322 e. The summed E-state index contributed by atoms with van der Waals surface area (Å²) in [6.45, 7) is 1.40. The van der Waals surface area contributed by atoms with Gasteiger partial charge in [0.25, 0.3) is 5.91 Å². The second-order valence-electron chi connectivity index (χ2n) is 4.92. The number of benzene rings is 2. The number of sulfonamides is 1. The van der Waals surface area contributed by atoms with Crippen molar-refractivity contribution >= 4 is 21.6 Å². The number of hydrogen-bond donors (Lipinski definition) is 2. The number of hydrogen-bond acceptors (Lipinski definition) is 3. The molecule has 134 valence electrons. The van der Waals surface area contributed by atoms with Crippen LogP contribution in [0.1, 0.15) is 15.9 Å². The van der Waals surface area contributed by atoms with Crippen molar-refractivity contribution in [3.63, 3.8) is 0 Å². The monoisotopic (exact) mass is 380 g/mol. The average molecular weight is 380 g/mol. The summed E-state index contributed by atoms with van der Waals surface area (Å²) in [6, 6.07) is 3.22. The number of nitrogens with two attached hydrogens (primary N) is 1. The highest BCUT2D eigenvalue weighted by Crippen LogP contribution is 2.25. The van der Waals surface area contributed by atoms with Crippen LogP contribution in [0.25, 0.3) is 0 Å². The lowest BCUT2D eigenvalue weighted by atomic mass is 10.1. The Morgan fingerprint density at radius 3 is 1.92 bits per heavy atom. The number of carbonyl (C=O) groups excluding carboxylic acids is 1. The van der Waals surface area contributed by atoms with Crippen LogP contribution >= 0.6 is 0 Å². The van der Waals surface area contributed by atoms with E-state index in [1.807, 2.05) is 5.32 Å². The first-order valence-corrected chi connectivity index (χ1v) is 7.96. The fraction of sp³-hybridized carbons (Fsp3) is 0.0714. The summed E-state index contributed by atoms with van der Waals surface area (Å²) in [4.78, 5) is 11.5. The van der Waals surface area contributed by atoms with E-state index in [1.165, 1.54) is 13.0 Å². The van der Waals surface area contributed by atoms with E-state index in [4.69, 9.17) is 5.14 Å². The van der Waals surface area contributed by atoms with Gasteiger partial charge in [-0.25, -0.2) is 35.5 Å². The SMILES string of the molecule is Cc1ccc(S(N)(=O)=O)cc1NC(=O)c1c(F)c(F)c(F)c(F)c1F. The average Bonchev–Trinajstić information content (AvgIpc) is 2.52. The van der Waals surface area contributed by atoms with Gasteiger partial charge in [0.1, 0.15) is 5.56 Å². The minimum atomic E-state index is -4.15. The lowest BCUT2D eigenvalue weighted by Crippen LogP contribution is -2.20. The van der Waals surface area contributed by atoms with Gasteiger partial charge < -0.3 is 5.32 Å². The fourth-order valence-corrected chi connectivity index (χ4v) is 2.44. The van der Waals surface area contributed by atoms with Crippen LogP contribution in [0.15, 0.2) is 23.1 Å². The molecule has 0 fully saturated rings. The normalized spacial score (nSPS) is 11.5. The van der Waals surface area contributed by atoms with E-state index in [-0.39, 0.29) is 11.3 Å². The predicted octanol–water partition coefficient (Wildman–Crippen LogP) is 2.59. The molecule has 0 saturated heterocycles. The van der Waals surface area contributed by atoms with E-state index in [1.54, 1.807) is 0 Å². The van der Waals surface area contributed by atoms with E-state index < -0.39 is 55.5 Å². The van der Waals surface area contributed by atoms with Crippen molar-refractivity contribution in [3.05, 3.63) is 58.4 Å². The van der Waals surface area contributed by atoms with E-state index >= 15 is 0 Å². The van der Waals surface area contributed by atoms with Gasteiger partial charge in [0.05, 0.1) is 4.90 Å². The van der Waals surface area contributed by atoms with Gasteiger partial charge in [-0.1, -0.05) is 6.07 Å². The molecule has 0 aliphatic rings. The molecule has 0 radical (unpaired) electrons. The molecule has 2 rings (SSSR count). The summed E-state index contributed by atoms with van der Waals surface area (Å²) in [7, 11) is -4.15. The maximum absolute atomic E-state index is 13.6. The molecule has 0 aromatic heterocycles. The molecule has 2 aromatic carbocycles. The van der Waals surface area contributed by atoms with Crippen molar-refractivity contribution in [3.8, 4) is 0 Å². The highest BCUT2D eigenvalue weighted by molar-refractivity contribution is 7.89.